The molecule has 0 unspecified atom stereocenters. The summed E-state index contributed by atoms with van der Waals surface area (Å²) in [6.07, 6.45) is 1.93. The zero-order valence-corrected chi connectivity index (χ0v) is 17.2. The van der Waals surface area contributed by atoms with E-state index in [0.29, 0.717) is 28.6 Å². The van der Waals surface area contributed by atoms with E-state index >= 15 is 0 Å². The molecule has 1 aromatic carbocycles. The summed E-state index contributed by atoms with van der Waals surface area (Å²) in [5.74, 6) is 0.133. The summed E-state index contributed by atoms with van der Waals surface area (Å²) in [4.78, 5) is 25.7. The van der Waals surface area contributed by atoms with Crippen molar-refractivity contribution in [2.45, 2.75) is 27.2 Å². The molecule has 3 rings (SSSR count). The Bertz CT molecular complexity index is 980. The Morgan fingerprint density at radius 2 is 1.97 bits per heavy atom. The Kier molecular flexibility index (Phi) is 6.61. The summed E-state index contributed by atoms with van der Waals surface area (Å²) in [5, 5.41) is 10.7. The molecule has 29 heavy (non-hydrogen) atoms. The fourth-order valence-electron chi connectivity index (χ4n) is 2.82. The van der Waals surface area contributed by atoms with Crippen LogP contribution in [0.1, 0.15) is 34.6 Å². The lowest BCUT2D eigenvalue weighted by atomic mass is 10.1. The second kappa shape index (κ2) is 9.33. The van der Waals surface area contributed by atoms with E-state index in [1.165, 1.54) is 17.7 Å². The largest absolute Gasteiger partial charge is 0.484 e. The molecule has 0 aliphatic carbocycles. The number of hydrogen-bond acceptors (Lipinski definition) is 8. The smallest absolute Gasteiger partial charge is 0.341 e. The number of aryl methyl sites for hydroxylation is 1. The Hall–Kier alpha value is -3.20. The van der Waals surface area contributed by atoms with Crippen molar-refractivity contribution in [3.05, 3.63) is 46.7 Å². The molecule has 0 spiro atoms. The van der Waals surface area contributed by atoms with E-state index in [2.05, 4.69) is 15.5 Å². The summed E-state index contributed by atoms with van der Waals surface area (Å²) >= 11 is 1.36. The average Bonchev–Trinajstić information content (AvgIpc) is 3.35. The molecule has 0 saturated carbocycles. The van der Waals surface area contributed by atoms with Gasteiger partial charge in [-0.2, -0.15) is 0 Å². The molecule has 1 N–H and O–H groups in total. The lowest BCUT2D eigenvalue weighted by Gasteiger charge is -2.09. The Balaban J connectivity index is 1.64. The maximum atomic E-state index is 12.4. The molecule has 1 amide bonds. The lowest BCUT2D eigenvalue weighted by molar-refractivity contribution is -0.118. The van der Waals surface area contributed by atoms with Crippen molar-refractivity contribution in [2.75, 3.05) is 18.5 Å². The fourth-order valence-corrected chi connectivity index (χ4v) is 3.97. The van der Waals surface area contributed by atoms with E-state index in [0.717, 1.165) is 16.0 Å². The summed E-state index contributed by atoms with van der Waals surface area (Å²) in [6, 6.07) is 6.94. The molecule has 3 aromatic rings. The van der Waals surface area contributed by atoms with E-state index in [1.807, 2.05) is 13.8 Å². The van der Waals surface area contributed by atoms with Gasteiger partial charge in [0, 0.05) is 10.4 Å². The molecular formula is C20H21N3O5S. The Morgan fingerprint density at radius 3 is 2.59 bits per heavy atom. The number of rotatable bonds is 8. The second-order valence-corrected chi connectivity index (χ2v) is 7.24. The van der Waals surface area contributed by atoms with Crippen LogP contribution < -0.4 is 10.1 Å². The molecule has 152 valence electrons. The van der Waals surface area contributed by atoms with Crippen LogP contribution in [0.4, 0.5) is 5.00 Å². The molecule has 8 nitrogen and oxygen atoms in total. The molecule has 0 saturated heterocycles. The lowest BCUT2D eigenvalue weighted by Crippen LogP contribution is -2.21. The highest BCUT2D eigenvalue weighted by Crippen LogP contribution is 2.34. The van der Waals surface area contributed by atoms with Gasteiger partial charge in [-0.1, -0.05) is 6.92 Å². The van der Waals surface area contributed by atoms with Gasteiger partial charge in [0.2, 0.25) is 12.3 Å². The Labute approximate surface area is 171 Å². The summed E-state index contributed by atoms with van der Waals surface area (Å²) in [7, 11) is 0. The van der Waals surface area contributed by atoms with Gasteiger partial charge in [0.15, 0.2) is 6.61 Å². The van der Waals surface area contributed by atoms with Crippen molar-refractivity contribution in [3.63, 3.8) is 0 Å². The fraction of sp³-hybridized carbons (Fsp3) is 0.300. The first kappa shape index (κ1) is 20.5. The van der Waals surface area contributed by atoms with Crippen LogP contribution >= 0.6 is 11.3 Å². The standard InChI is InChI=1S/C20H21N3O5S/c1-4-15-12(3)29-19(17(15)20(25)26-5-2)22-16(24)10-27-14-8-6-13(7-9-14)18-23-21-11-28-18/h6-9,11H,4-5,10H2,1-3H3,(H,22,24). The number of carbonyl (C=O) groups excluding carboxylic acids is 2. The van der Waals surface area contributed by atoms with Crippen LogP contribution in [0.2, 0.25) is 0 Å². The quantitative estimate of drug-likeness (QED) is 0.557. The maximum Gasteiger partial charge on any atom is 0.341 e. The van der Waals surface area contributed by atoms with Crippen molar-refractivity contribution < 1.29 is 23.5 Å². The highest BCUT2D eigenvalue weighted by molar-refractivity contribution is 7.16. The van der Waals surface area contributed by atoms with Crippen molar-refractivity contribution in [1.29, 1.82) is 0 Å². The highest BCUT2D eigenvalue weighted by atomic mass is 32.1. The van der Waals surface area contributed by atoms with Crippen LogP contribution in [0.3, 0.4) is 0 Å². The molecule has 0 fully saturated rings. The molecule has 0 radical (unpaired) electrons. The van der Waals surface area contributed by atoms with Crippen molar-refractivity contribution in [1.82, 2.24) is 10.2 Å². The number of benzene rings is 1. The van der Waals surface area contributed by atoms with E-state index in [-0.39, 0.29) is 19.1 Å². The van der Waals surface area contributed by atoms with Crippen LogP contribution in [-0.4, -0.2) is 35.3 Å². The van der Waals surface area contributed by atoms with Crippen LogP contribution in [0.25, 0.3) is 11.5 Å². The minimum Gasteiger partial charge on any atom is -0.484 e. The molecule has 0 bridgehead atoms. The van der Waals surface area contributed by atoms with Crippen LogP contribution in [0.15, 0.2) is 35.1 Å². The van der Waals surface area contributed by atoms with Gasteiger partial charge in [0.25, 0.3) is 5.91 Å². The number of anilines is 1. The number of amides is 1. The molecule has 0 aliphatic heterocycles. The number of carbonyl (C=O) groups is 2. The predicted octanol–water partition coefficient (Wildman–Crippen LogP) is 3.86. The summed E-state index contributed by atoms with van der Waals surface area (Å²) in [5.41, 5.74) is 2.06. The third-order valence-corrected chi connectivity index (χ3v) is 5.19. The number of ether oxygens (including phenoxy) is 2. The average molecular weight is 415 g/mol. The zero-order valence-electron chi connectivity index (χ0n) is 16.4. The Morgan fingerprint density at radius 1 is 1.21 bits per heavy atom. The summed E-state index contributed by atoms with van der Waals surface area (Å²) < 4.78 is 15.8. The topological polar surface area (TPSA) is 104 Å². The molecule has 2 aromatic heterocycles. The second-order valence-electron chi connectivity index (χ2n) is 6.02. The van der Waals surface area contributed by atoms with E-state index in [9.17, 15) is 9.59 Å². The molecule has 0 aliphatic rings. The van der Waals surface area contributed by atoms with Gasteiger partial charge in [-0.15, -0.1) is 21.5 Å². The molecule has 0 atom stereocenters. The number of nitrogens with zero attached hydrogens (tertiary/aromatic N) is 2. The third kappa shape index (κ3) is 4.80. The zero-order chi connectivity index (χ0) is 20.8. The van der Waals surface area contributed by atoms with E-state index in [1.54, 1.807) is 31.2 Å². The van der Waals surface area contributed by atoms with Gasteiger partial charge in [-0.3, -0.25) is 4.79 Å². The molecule has 9 heteroatoms. The van der Waals surface area contributed by atoms with Crippen LogP contribution in [-0.2, 0) is 16.0 Å². The first-order valence-electron chi connectivity index (χ1n) is 9.12. The van der Waals surface area contributed by atoms with Crippen molar-refractivity contribution >= 4 is 28.2 Å². The van der Waals surface area contributed by atoms with Crippen LogP contribution in [0.5, 0.6) is 5.75 Å². The normalized spacial score (nSPS) is 10.6. The van der Waals surface area contributed by atoms with Gasteiger partial charge in [-0.25, -0.2) is 4.79 Å². The first-order valence-corrected chi connectivity index (χ1v) is 9.93. The monoisotopic (exact) mass is 415 g/mol. The number of nitrogens with one attached hydrogen (secondary N) is 1. The third-order valence-electron chi connectivity index (χ3n) is 4.13. The maximum absolute atomic E-state index is 12.4. The minimum absolute atomic E-state index is 0.194. The van der Waals surface area contributed by atoms with Gasteiger partial charge in [0.1, 0.15) is 10.8 Å². The van der Waals surface area contributed by atoms with Crippen molar-refractivity contribution in [2.24, 2.45) is 0 Å². The van der Waals surface area contributed by atoms with E-state index in [4.69, 9.17) is 13.9 Å². The highest BCUT2D eigenvalue weighted by Gasteiger charge is 2.23. The number of hydrogen-bond donors (Lipinski definition) is 1. The first-order chi connectivity index (χ1) is 14.0. The minimum atomic E-state index is -0.429. The van der Waals surface area contributed by atoms with Crippen LogP contribution in [0, 0.1) is 6.92 Å². The molecule has 2 heterocycles. The van der Waals surface area contributed by atoms with Gasteiger partial charge in [0.05, 0.1) is 12.2 Å². The van der Waals surface area contributed by atoms with Gasteiger partial charge in [-0.05, 0) is 50.1 Å². The van der Waals surface area contributed by atoms with Gasteiger partial charge < -0.3 is 19.2 Å². The van der Waals surface area contributed by atoms with E-state index < -0.39 is 5.97 Å². The molecular weight excluding hydrogens is 394 g/mol. The number of thiophene rings is 1. The number of aromatic nitrogens is 2. The SMILES string of the molecule is CCOC(=O)c1c(NC(=O)COc2ccc(-c3nnco3)cc2)sc(C)c1CC. The predicted molar refractivity (Wildman–Crippen MR) is 108 cm³/mol. The summed E-state index contributed by atoms with van der Waals surface area (Å²) in [6.45, 7) is 5.71. The van der Waals surface area contributed by atoms with Crippen molar-refractivity contribution in [3.8, 4) is 17.2 Å². The van der Waals surface area contributed by atoms with Gasteiger partial charge >= 0.3 is 5.97 Å². The number of esters is 1.